The van der Waals surface area contributed by atoms with Crippen LogP contribution in [0, 0.1) is 0 Å². The van der Waals surface area contributed by atoms with Crippen LogP contribution in [0.25, 0.3) is 0 Å². The second-order valence-electron chi connectivity index (χ2n) is 6.35. The number of carbonyl (C=O) groups is 2. The average Bonchev–Trinajstić information content (AvgIpc) is 2.80. The minimum atomic E-state index is -4.43. The van der Waals surface area contributed by atoms with Crippen molar-refractivity contribution in [3.63, 3.8) is 0 Å². The van der Waals surface area contributed by atoms with E-state index in [0.29, 0.717) is 22.6 Å². The highest BCUT2D eigenvalue weighted by Crippen LogP contribution is 2.37. The highest BCUT2D eigenvalue weighted by atomic mass is 35.5. The van der Waals surface area contributed by atoms with E-state index in [2.05, 4.69) is 4.74 Å². The van der Waals surface area contributed by atoms with Crippen molar-refractivity contribution >= 4 is 28.5 Å². The predicted molar refractivity (Wildman–Crippen MR) is 117 cm³/mol. The fourth-order valence-electron chi connectivity index (χ4n) is 2.49. The Labute approximate surface area is 192 Å². The van der Waals surface area contributed by atoms with Gasteiger partial charge in [-0.3, -0.25) is 4.79 Å². The van der Waals surface area contributed by atoms with Gasteiger partial charge in [0.05, 0.1) is 31.0 Å². The van der Waals surface area contributed by atoms with E-state index < -0.39 is 23.0 Å². The van der Waals surface area contributed by atoms with Crippen LogP contribution in [-0.2, 0) is 10.9 Å². The van der Waals surface area contributed by atoms with Crippen LogP contribution in [0.15, 0.2) is 66.7 Å². The lowest BCUT2D eigenvalue weighted by atomic mass is 10.1. The standard InChI is InChI=1S/C14H12F3NO2.C9H7ClO3/c1-19-12-4-2-3-5-13(12)20-11-7-6-9(8-10(11)18)14(15,16)17;1-13-9(12)7-4-2-6(3-5-7)8(10)11/h2-8H,18H2,1H3;2-5H,1H3. The predicted octanol–water partition coefficient (Wildman–Crippen LogP) is 5.94. The lowest BCUT2D eigenvalue weighted by molar-refractivity contribution is -0.137. The normalized spacial score (nSPS) is 10.5. The molecule has 33 heavy (non-hydrogen) atoms. The van der Waals surface area contributed by atoms with E-state index in [9.17, 15) is 22.8 Å². The molecule has 174 valence electrons. The number of para-hydroxylation sites is 2. The number of esters is 1. The molecule has 0 aliphatic rings. The SMILES string of the molecule is COC(=O)c1ccc(C(=O)Cl)cc1.COc1ccccc1Oc1ccc(C(F)(F)F)cc1N. The van der Waals surface area contributed by atoms with Crippen molar-refractivity contribution in [2.24, 2.45) is 0 Å². The van der Waals surface area contributed by atoms with Gasteiger partial charge in [-0.05, 0) is 66.2 Å². The molecule has 0 radical (unpaired) electrons. The molecule has 0 aliphatic heterocycles. The molecule has 0 saturated heterocycles. The Morgan fingerprint density at radius 1 is 0.848 bits per heavy atom. The molecule has 10 heteroatoms. The van der Waals surface area contributed by atoms with Gasteiger partial charge in [-0.15, -0.1) is 0 Å². The number of carbonyl (C=O) groups excluding carboxylic acids is 2. The molecule has 3 aromatic carbocycles. The van der Waals surface area contributed by atoms with E-state index in [1.807, 2.05) is 0 Å². The number of ether oxygens (including phenoxy) is 3. The lowest BCUT2D eigenvalue weighted by Crippen LogP contribution is -2.06. The summed E-state index contributed by atoms with van der Waals surface area (Å²) in [5.74, 6) is 0.546. The number of alkyl halides is 3. The monoisotopic (exact) mass is 481 g/mol. The zero-order valence-corrected chi connectivity index (χ0v) is 18.2. The summed E-state index contributed by atoms with van der Waals surface area (Å²) in [5, 5.41) is -0.545. The van der Waals surface area contributed by atoms with Crippen LogP contribution < -0.4 is 15.2 Å². The summed E-state index contributed by atoms with van der Waals surface area (Å²) < 4.78 is 52.6. The number of nitrogen functional groups attached to an aromatic ring is 1. The summed E-state index contributed by atoms with van der Waals surface area (Å²) in [5.41, 5.74) is 5.43. The molecule has 6 nitrogen and oxygen atoms in total. The molecule has 0 spiro atoms. The Balaban J connectivity index is 0.000000257. The fraction of sp³-hybridized carbons (Fsp3) is 0.130. The maximum atomic E-state index is 12.5. The Morgan fingerprint density at radius 3 is 1.91 bits per heavy atom. The van der Waals surface area contributed by atoms with Gasteiger partial charge in [0, 0.05) is 5.56 Å². The van der Waals surface area contributed by atoms with E-state index >= 15 is 0 Å². The maximum absolute atomic E-state index is 12.5. The van der Waals surface area contributed by atoms with Gasteiger partial charge in [0.1, 0.15) is 0 Å². The Morgan fingerprint density at radius 2 is 1.42 bits per heavy atom. The van der Waals surface area contributed by atoms with Gasteiger partial charge in [-0.2, -0.15) is 13.2 Å². The second-order valence-corrected chi connectivity index (χ2v) is 6.69. The first kappa shape index (κ1) is 25.5. The fourth-order valence-corrected chi connectivity index (χ4v) is 2.62. The number of anilines is 1. The molecular formula is C23H19ClF3NO5. The van der Waals surface area contributed by atoms with Crippen LogP contribution in [-0.4, -0.2) is 25.4 Å². The van der Waals surface area contributed by atoms with Crippen molar-refractivity contribution in [1.29, 1.82) is 0 Å². The number of hydrogen-bond donors (Lipinski definition) is 1. The van der Waals surface area contributed by atoms with Crippen molar-refractivity contribution in [2.45, 2.75) is 6.18 Å². The topological polar surface area (TPSA) is 87.9 Å². The number of rotatable bonds is 5. The highest BCUT2D eigenvalue weighted by Gasteiger charge is 2.31. The smallest absolute Gasteiger partial charge is 0.416 e. The first-order valence-corrected chi connectivity index (χ1v) is 9.60. The second kappa shape index (κ2) is 11.2. The van der Waals surface area contributed by atoms with Crippen LogP contribution in [0.3, 0.4) is 0 Å². The molecule has 0 aromatic heterocycles. The van der Waals surface area contributed by atoms with Crippen LogP contribution in [0.4, 0.5) is 18.9 Å². The van der Waals surface area contributed by atoms with Crippen molar-refractivity contribution < 1.29 is 37.0 Å². The highest BCUT2D eigenvalue weighted by molar-refractivity contribution is 6.67. The number of methoxy groups -OCH3 is 2. The van der Waals surface area contributed by atoms with Crippen LogP contribution >= 0.6 is 11.6 Å². The van der Waals surface area contributed by atoms with Gasteiger partial charge in [0.15, 0.2) is 17.2 Å². The minimum absolute atomic E-state index is 0.0919. The van der Waals surface area contributed by atoms with Crippen molar-refractivity contribution in [2.75, 3.05) is 20.0 Å². The molecule has 0 heterocycles. The third-order valence-corrected chi connectivity index (χ3v) is 4.38. The van der Waals surface area contributed by atoms with Crippen LogP contribution in [0.1, 0.15) is 26.3 Å². The summed E-state index contributed by atoms with van der Waals surface area (Å²) in [6, 6.07) is 15.6. The molecule has 2 N–H and O–H groups in total. The van der Waals surface area contributed by atoms with Gasteiger partial charge in [-0.1, -0.05) is 12.1 Å². The molecule has 3 rings (SSSR count). The number of nitrogens with two attached hydrogens (primary N) is 1. The molecule has 0 fully saturated rings. The zero-order valence-electron chi connectivity index (χ0n) is 17.5. The van der Waals surface area contributed by atoms with Gasteiger partial charge in [0.25, 0.3) is 5.24 Å². The summed E-state index contributed by atoms with van der Waals surface area (Å²) in [7, 11) is 2.77. The number of benzene rings is 3. The van der Waals surface area contributed by atoms with Crippen molar-refractivity contribution in [3.05, 3.63) is 83.4 Å². The summed E-state index contributed by atoms with van der Waals surface area (Å²) >= 11 is 5.21. The Kier molecular flexibility index (Phi) is 8.70. The summed E-state index contributed by atoms with van der Waals surface area (Å²) in [4.78, 5) is 21.6. The van der Waals surface area contributed by atoms with E-state index in [0.717, 1.165) is 12.1 Å². The first-order chi connectivity index (χ1) is 15.6. The largest absolute Gasteiger partial charge is 0.493 e. The molecule has 0 saturated carbocycles. The summed E-state index contributed by atoms with van der Waals surface area (Å²) in [6.07, 6.45) is -4.43. The molecule has 0 unspecified atom stereocenters. The number of hydrogen-bond acceptors (Lipinski definition) is 6. The van der Waals surface area contributed by atoms with E-state index in [-0.39, 0.29) is 11.4 Å². The molecule has 0 aliphatic carbocycles. The van der Waals surface area contributed by atoms with Gasteiger partial charge in [-0.25, -0.2) is 4.79 Å². The molecule has 0 amide bonds. The Bertz CT molecular complexity index is 1120. The third kappa shape index (κ3) is 7.15. The maximum Gasteiger partial charge on any atom is 0.416 e. The molecular weight excluding hydrogens is 463 g/mol. The third-order valence-electron chi connectivity index (χ3n) is 4.16. The van der Waals surface area contributed by atoms with Crippen LogP contribution in [0.5, 0.6) is 17.2 Å². The van der Waals surface area contributed by atoms with Gasteiger partial charge < -0.3 is 19.9 Å². The average molecular weight is 482 g/mol. The quantitative estimate of drug-likeness (QED) is 0.275. The zero-order chi connectivity index (χ0) is 24.6. The summed E-state index contributed by atoms with van der Waals surface area (Å²) in [6.45, 7) is 0. The van der Waals surface area contributed by atoms with Crippen molar-refractivity contribution in [3.8, 4) is 17.2 Å². The van der Waals surface area contributed by atoms with E-state index in [4.69, 9.17) is 26.8 Å². The minimum Gasteiger partial charge on any atom is -0.493 e. The first-order valence-electron chi connectivity index (χ1n) is 9.22. The van der Waals surface area contributed by atoms with Crippen molar-refractivity contribution in [1.82, 2.24) is 0 Å². The van der Waals surface area contributed by atoms with Crippen LogP contribution in [0.2, 0.25) is 0 Å². The molecule has 3 aromatic rings. The van der Waals surface area contributed by atoms with Gasteiger partial charge >= 0.3 is 12.1 Å². The van der Waals surface area contributed by atoms with E-state index in [1.165, 1.54) is 44.6 Å². The molecule has 0 atom stereocenters. The lowest BCUT2D eigenvalue weighted by Gasteiger charge is -2.13. The van der Waals surface area contributed by atoms with Gasteiger partial charge in [0.2, 0.25) is 0 Å². The van der Waals surface area contributed by atoms with E-state index in [1.54, 1.807) is 24.3 Å². The molecule has 0 bridgehead atoms. The Hall–Kier alpha value is -3.72. The number of halogens is 4.